The topological polar surface area (TPSA) is 9.23 Å². The van der Waals surface area contributed by atoms with Gasteiger partial charge in [0.1, 0.15) is 5.01 Å². The molecule has 0 spiro atoms. The van der Waals surface area contributed by atoms with Crippen LogP contribution in [0.15, 0.2) is 60.7 Å². The number of halogens is 4. The van der Waals surface area contributed by atoms with Crippen LogP contribution in [0.4, 0.5) is 0 Å². The SMILES string of the molecule is CC(C)(C)[Si](O[C@H](Br)C(Br)(CCBr)CCCBr)(c1ccccc1)c1ccccc1. The summed E-state index contributed by atoms with van der Waals surface area (Å²) in [5.74, 6) is 0. The Balaban J connectivity index is 2.61. The zero-order chi connectivity index (χ0) is 21.5. The smallest absolute Gasteiger partial charge is 0.262 e. The Bertz CT molecular complexity index is 696. The first-order chi connectivity index (χ1) is 13.7. The van der Waals surface area contributed by atoms with Gasteiger partial charge in [-0.05, 0) is 34.7 Å². The highest BCUT2D eigenvalue weighted by atomic mass is 79.9. The van der Waals surface area contributed by atoms with E-state index in [-0.39, 0.29) is 14.4 Å². The van der Waals surface area contributed by atoms with Crippen LogP contribution in [0.5, 0.6) is 0 Å². The molecule has 2 atom stereocenters. The van der Waals surface area contributed by atoms with Gasteiger partial charge in [0.15, 0.2) is 0 Å². The highest BCUT2D eigenvalue weighted by molar-refractivity contribution is 9.12. The Hall–Kier alpha value is 0.537. The van der Waals surface area contributed by atoms with Gasteiger partial charge >= 0.3 is 0 Å². The van der Waals surface area contributed by atoms with Gasteiger partial charge in [-0.15, -0.1) is 0 Å². The van der Waals surface area contributed by atoms with E-state index in [0.717, 1.165) is 29.9 Å². The lowest BCUT2D eigenvalue weighted by molar-refractivity contribution is 0.222. The maximum atomic E-state index is 7.26. The zero-order valence-corrected chi connectivity index (χ0v) is 24.7. The lowest BCUT2D eigenvalue weighted by atomic mass is 10.0. The van der Waals surface area contributed by atoms with Crippen molar-refractivity contribution in [1.82, 2.24) is 0 Å². The van der Waals surface area contributed by atoms with Crippen LogP contribution in [0.1, 0.15) is 40.0 Å². The molecule has 2 aromatic rings. The van der Waals surface area contributed by atoms with Gasteiger partial charge < -0.3 is 4.43 Å². The molecule has 2 aromatic carbocycles. The third-order valence-electron chi connectivity index (χ3n) is 5.34. The first kappa shape index (κ1) is 25.8. The van der Waals surface area contributed by atoms with Crippen molar-refractivity contribution in [1.29, 1.82) is 0 Å². The number of alkyl halides is 4. The van der Waals surface area contributed by atoms with Crippen molar-refractivity contribution in [2.75, 3.05) is 10.7 Å². The van der Waals surface area contributed by atoms with E-state index in [1.165, 1.54) is 10.4 Å². The van der Waals surface area contributed by atoms with Crippen LogP contribution < -0.4 is 10.4 Å². The second-order valence-electron chi connectivity index (χ2n) is 8.36. The average Bonchev–Trinajstić information content (AvgIpc) is 2.71. The van der Waals surface area contributed by atoms with Crippen LogP contribution in [0.25, 0.3) is 0 Å². The maximum Gasteiger partial charge on any atom is 0.262 e. The highest BCUT2D eigenvalue weighted by Gasteiger charge is 2.53. The van der Waals surface area contributed by atoms with Gasteiger partial charge in [0, 0.05) is 10.7 Å². The van der Waals surface area contributed by atoms with Crippen molar-refractivity contribution in [3.63, 3.8) is 0 Å². The normalized spacial score (nSPS) is 15.7. The minimum atomic E-state index is -2.59. The summed E-state index contributed by atoms with van der Waals surface area (Å²) >= 11 is 15.3. The molecule has 0 aliphatic carbocycles. The van der Waals surface area contributed by atoms with Crippen molar-refractivity contribution in [3.05, 3.63) is 60.7 Å². The second-order valence-corrected chi connectivity index (χ2v) is 16.6. The van der Waals surface area contributed by atoms with Gasteiger partial charge in [0.2, 0.25) is 0 Å². The molecule has 0 aromatic heterocycles. The molecule has 0 N–H and O–H groups in total. The Morgan fingerprint density at radius 2 is 1.31 bits per heavy atom. The maximum absolute atomic E-state index is 7.26. The number of hydrogen-bond donors (Lipinski definition) is 0. The number of rotatable bonds is 10. The van der Waals surface area contributed by atoms with E-state index in [9.17, 15) is 0 Å². The second kappa shape index (κ2) is 11.4. The van der Waals surface area contributed by atoms with E-state index in [2.05, 4.69) is 145 Å². The number of hydrogen-bond acceptors (Lipinski definition) is 1. The van der Waals surface area contributed by atoms with Crippen molar-refractivity contribution >= 4 is 82.4 Å². The number of benzene rings is 2. The summed E-state index contributed by atoms with van der Waals surface area (Å²) in [6.45, 7) is 6.95. The summed E-state index contributed by atoms with van der Waals surface area (Å²) in [5, 5.41) is 4.36. The molecule has 29 heavy (non-hydrogen) atoms. The fourth-order valence-corrected chi connectivity index (χ4v) is 11.9. The standard InChI is InChI=1S/C23H30Br4OSi/c1-22(2,3)29(19-11-6-4-7-12-19,20-13-8-5-9-14-20)28-21(26)23(27,16-18-25)15-10-17-24/h4-9,11-14,21H,10,15-18H2,1-3H3/t21-,23?/m0/s1. The fourth-order valence-electron chi connectivity index (χ4n) is 3.82. The Morgan fingerprint density at radius 1 is 0.828 bits per heavy atom. The van der Waals surface area contributed by atoms with E-state index in [1.54, 1.807) is 0 Å². The van der Waals surface area contributed by atoms with Gasteiger partial charge in [0.25, 0.3) is 8.32 Å². The average molecular weight is 670 g/mol. The lowest BCUT2D eigenvalue weighted by Gasteiger charge is -2.47. The highest BCUT2D eigenvalue weighted by Crippen LogP contribution is 2.44. The lowest BCUT2D eigenvalue weighted by Crippen LogP contribution is -2.68. The van der Waals surface area contributed by atoms with Gasteiger partial charge in [-0.25, -0.2) is 0 Å². The zero-order valence-electron chi connectivity index (χ0n) is 17.3. The molecule has 0 saturated carbocycles. The van der Waals surface area contributed by atoms with Crippen LogP contribution >= 0.6 is 63.7 Å². The minimum Gasteiger partial charge on any atom is -0.394 e. The molecule has 6 heteroatoms. The van der Waals surface area contributed by atoms with E-state index < -0.39 is 8.32 Å². The molecule has 0 aliphatic heterocycles. The Labute approximate surface area is 211 Å². The molecule has 0 fully saturated rings. The van der Waals surface area contributed by atoms with Crippen LogP contribution in [-0.2, 0) is 4.43 Å². The molecule has 0 bridgehead atoms. The summed E-state index contributed by atoms with van der Waals surface area (Å²) in [4.78, 5) is 0. The summed E-state index contributed by atoms with van der Waals surface area (Å²) in [5.41, 5.74) is 0. The summed E-state index contributed by atoms with van der Waals surface area (Å²) in [7, 11) is -2.59. The van der Waals surface area contributed by atoms with Crippen LogP contribution in [0.3, 0.4) is 0 Å². The molecular formula is C23H30Br4OSi. The van der Waals surface area contributed by atoms with Gasteiger partial charge in [-0.1, -0.05) is 145 Å². The van der Waals surface area contributed by atoms with Gasteiger partial charge in [-0.3, -0.25) is 0 Å². The monoisotopic (exact) mass is 666 g/mol. The van der Waals surface area contributed by atoms with Crippen molar-refractivity contribution in [2.45, 2.75) is 54.4 Å². The molecule has 0 amide bonds. The quantitative estimate of drug-likeness (QED) is 0.190. The predicted octanol–water partition coefficient (Wildman–Crippen LogP) is 7.38. The Kier molecular flexibility index (Phi) is 10.2. The summed E-state index contributed by atoms with van der Waals surface area (Å²) < 4.78 is 7.12. The summed E-state index contributed by atoms with van der Waals surface area (Å²) in [6, 6.07) is 21.6. The first-order valence-electron chi connectivity index (χ1n) is 9.95. The molecular weight excluding hydrogens is 640 g/mol. The van der Waals surface area contributed by atoms with Gasteiger partial charge in [0.05, 0.1) is 4.32 Å². The molecule has 0 saturated heterocycles. The predicted molar refractivity (Wildman–Crippen MR) is 145 cm³/mol. The van der Waals surface area contributed by atoms with Crippen molar-refractivity contribution in [2.24, 2.45) is 0 Å². The van der Waals surface area contributed by atoms with Gasteiger partial charge in [-0.2, -0.15) is 0 Å². The largest absolute Gasteiger partial charge is 0.394 e. The molecule has 2 rings (SSSR count). The molecule has 0 heterocycles. The molecule has 0 radical (unpaired) electrons. The molecule has 1 unspecified atom stereocenters. The van der Waals surface area contributed by atoms with Crippen molar-refractivity contribution in [3.8, 4) is 0 Å². The molecule has 1 nitrogen and oxygen atoms in total. The summed E-state index contributed by atoms with van der Waals surface area (Å²) in [6.07, 6.45) is 3.09. The van der Waals surface area contributed by atoms with E-state index in [0.29, 0.717) is 0 Å². The van der Waals surface area contributed by atoms with E-state index >= 15 is 0 Å². The van der Waals surface area contributed by atoms with Crippen LogP contribution in [-0.4, -0.2) is 28.3 Å². The Morgan fingerprint density at radius 3 is 1.69 bits per heavy atom. The van der Waals surface area contributed by atoms with E-state index in [4.69, 9.17) is 4.43 Å². The van der Waals surface area contributed by atoms with Crippen molar-refractivity contribution < 1.29 is 4.43 Å². The fraction of sp³-hybridized carbons (Fsp3) is 0.478. The molecule has 0 aliphatic rings. The van der Waals surface area contributed by atoms with Crippen LogP contribution in [0.2, 0.25) is 5.04 Å². The third-order valence-corrected chi connectivity index (χ3v) is 14.5. The minimum absolute atomic E-state index is 0.0422. The third kappa shape index (κ3) is 6.07. The van der Waals surface area contributed by atoms with Crippen LogP contribution in [0, 0.1) is 0 Å². The molecule has 160 valence electrons. The van der Waals surface area contributed by atoms with E-state index in [1.807, 2.05) is 0 Å². The first-order valence-corrected chi connectivity index (χ1v) is 15.8.